The van der Waals surface area contributed by atoms with E-state index in [2.05, 4.69) is 58.7 Å². The van der Waals surface area contributed by atoms with E-state index in [1.54, 1.807) is 66.3 Å². The molecule has 250 valence electrons. The molecule has 48 heavy (non-hydrogen) atoms. The molecule has 0 spiro atoms. The Morgan fingerprint density at radius 3 is 2.54 bits per heavy atom. The highest BCUT2D eigenvalue weighted by molar-refractivity contribution is 9.10. The molecule has 0 aliphatic carbocycles. The Hall–Kier alpha value is -2.91. The minimum absolute atomic E-state index is 0.103. The van der Waals surface area contributed by atoms with Crippen molar-refractivity contribution in [2.45, 2.75) is 39.0 Å². The molecule has 10 nitrogen and oxygen atoms in total. The molecular weight excluding hydrogens is 818 g/mol. The molecule has 1 fully saturated rings. The summed E-state index contributed by atoms with van der Waals surface area (Å²) >= 11 is 12.4. The van der Waals surface area contributed by atoms with Crippen LogP contribution in [0.25, 0.3) is 27.7 Å². The fraction of sp³-hybridized carbons (Fsp3) is 0.241. The van der Waals surface area contributed by atoms with Crippen LogP contribution in [-0.2, 0) is 82.9 Å². The van der Waals surface area contributed by atoms with Crippen molar-refractivity contribution >= 4 is 123 Å². The summed E-state index contributed by atoms with van der Waals surface area (Å²) in [7, 11) is 7.36. The Kier molecular flexibility index (Phi) is 12.6. The molecular formula is C29H25BrFN7O3S7. The molecule has 0 radical (unpaired) electrons. The number of aromatic nitrogens is 5. The van der Waals surface area contributed by atoms with Gasteiger partial charge in [0.1, 0.15) is 29.2 Å². The molecule has 0 bridgehead atoms. The van der Waals surface area contributed by atoms with Crippen LogP contribution in [0.4, 0.5) is 10.2 Å². The van der Waals surface area contributed by atoms with Crippen molar-refractivity contribution in [3.63, 3.8) is 0 Å². The number of Topliss-reactive ketones (excluding diaryl/α,β-unsaturated/α-hetero) is 1. The van der Waals surface area contributed by atoms with Gasteiger partial charge >= 0.3 is 0 Å². The fourth-order valence-electron chi connectivity index (χ4n) is 5.30. The number of nitrogens with zero attached hydrogens (tertiary/aromatic N) is 6. The number of fused-ring (bicyclic) bond motifs is 2. The second-order valence-electron chi connectivity index (χ2n) is 10.5. The Bertz CT molecular complexity index is 2270. The summed E-state index contributed by atoms with van der Waals surface area (Å²) in [4.78, 5) is 49.0. The monoisotopic (exact) mass is 841 g/mol. The molecule has 1 N–H and O–H groups in total. The first kappa shape index (κ1) is 36.4. The van der Waals surface area contributed by atoms with Crippen molar-refractivity contribution in [3.05, 3.63) is 76.9 Å². The van der Waals surface area contributed by atoms with Crippen molar-refractivity contribution < 1.29 is 18.8 Å². The van der Waals surface area contributed by atoms with Crippen molar-refractivity contribution in [2.24, 2.45) is 0 Å². The van der Waals surface area contributed by atoms with Gasteiger partial charge in [-0.25, -0.2) is 18.9 Å². The number of pyridine rings is 1. The molecule has 0 saturated carbocycles. The topological polar surface area (TPSA) is 114 Å². The van der Waals surface area contributed by atoms with Crippen molar-refractivity contribution in [1.29, 1.82) is 0 Å². The first-order chi connectivity index (χ1) is 23.1. The lowest BCUT2D eigenvalue weighted by atomic mass is 10.0. The average Bonchev–Trinajstić information content (AvgIpc) is 3.75. The molecule has 4 aromatic heterocycles. The van der Waals surface area contributed by atoms with Gasteiger partial charge in [0.2, 0.25) is 11.8 Å². The largest absolute Gasteiger partial charge is 0.337 e. The lowest BCUT2D eigenvalue weighted by Gasteiger charge is -2.24. The third-order valence-corrected chi connectivity index (χ3v) is 16.6. The maximum Gasteiger partial charge on any atom is 0.248 e. The van der Waals surface area contributed by atoms with Gasteiger partial charge in [0.05, 0.1) is 12.2 Å². The normalized spacial score (nSPS) is 15.4. The summed E-state index contributed by atoms with van der Waals surface area (Å²) < 4.78 is 18.4. The number of carbonyl (C=O) groups is 3. The quantitative estimate of drug-likeness (QED) is 0.196. The number of likely N-dealkylation sites (tertiary alicyclic amines) is 1. The third kappa shape index (κ3) is 8.81. The first-order valence-corrected chi connectivity index (χ1v) is 22.8. The number of rotatable bonds is 6. The smallest absolute Gasteiger partial charge is 0.248 e. The van der Waals surface area contributed by atoms with Gasteiger partial charge in [-0.1, -0.05) is 12.1 Å². The van der Waals surface area contributed by atoms with E-state index in [0.717, 1.165) is 22.5 Å². The number of hydrogen-bond acceptors (Lipinski definition) is 8. The van der Waals surface area contributed by atoms with Gasteiger partial charge in [-0.2, -0.15) is 5.10 Å². The number of ketones is 1. The summed E-state index contributed by atoms with van der Waals surface area (Å²) in [6, 6.07) is 11.6. The minimum Gasteiger partial charge on any atom is -0.337 e. The van der Waals surface area contributed by atoms with Crippen LogP contribution in [-0.4, -0.2) is 65.4 Å². The van der Waals surface area contributed by atoms with Crippen LogP contribution in [0.1, 0.15) is 29.4 Å². The summed E-state index contributed by atoms with van der Waals surface area (Å²) in [5.74, 6) is -0.784. The van der Waals surface area contributed by atoms with E-state index in [1.165, 1.54) is 29.6 Å². The zero-order valence-corrected chi connectivity index (χ0v) is 32.4. The van der Waals surface area contributed by atoms with Crippen LogP contribution in [0.3, 0.4) is 0 Å². The van der Waals surface area contributed by atoms with Crippen molar-refractivity contribution in [2.75, 3.05) is 11.9 Å². The van der Waals surface area contributed by atoms with Crippen LogP contribution >= 0.6 is 15.9 Å². The lowest BCUT2D eigenvalue weighted by Crippen LogP contribution is -2.44. The third-order valence-electron chi connectivity index (χ3n) is 7.29. The SMILES string of the molecule is CC(=O)c1cn(CC(=O)N2C[C@H](F)C[C@H]2C(=O)Nc2cccc(Br)n2)c2ccc(-c3cnc4cc(C)nn4c3)cc12.S=S=S=S=S=S=S. The molecule has 6 rings (SSSR count). The highest BCUT2D eigenvalue weighted by Gasteiger charge is 2.40. The van der Waals surface area contributed by atoms with Gasteiger partial charge in [-0.05, 0) is 59.6 Å². The number of halogens is 2. The van der Waals surface area contributed by atoms with Gasteiger partial charge in [0.15, 0.2) is 11.4 Å². The van der Waals surface area contributed by atoms with E-state index >= 15 is 0 Å². The first-order valence-electron chi connectivity index (χ1n) is 14.0. The number of hydrogen-bond donors (Lipinski definition) is 1. The lowest BCUT2D eigenvalue weighted by molar-refractivity contribution is -0.137. The standard InChI is InChI=1S/C29H25BrFN7O3.S7/c1-16-8-27-32-11-19(12-38(27)35-16)18-6-7-23-21(9-18)22(17(2)39)14-36(23)15-28(40)37-13-20(31)10-24(37)29(41)34-26-5-3-4-25(30)33-26;1-3-5-7-6-4-2/h3-9,11-12,14,20,24H,10,13,15H2,1-2H3,(H,33,34,41);/t20-,24+;/m1./s1. The average molecular weight is 843 g/mol. The van der Waals surface area contributed by atoms with Crippen LogP contribution in [0.2, 0.25) is 0 Å². The van der Waals surface area contributed by atoms with Gasteiger partial charge in [-0.15, -0.1) is 0 Å². The van der Waals surface area contributed by atoms with Crippen molar-refractivity contribution in [3.8, 4) is 11.1 Å². The molecule has 1 aliphatic rings. The van der Waals surface area contributed by atoms with E-state index in [9.17, 15) is 18.8 Å². The molecule has 2 atom stereocenters. The zero-order valence-electron chi connectivity index (χ0n) is 25.1. The van der Waals surface area contributed by atoms with Crippen LogP contribution < -0.4 is 5.32 Å². The summed E-state index contributed by atoms with van der Waals surface area (Å²) in [6.45, 7) is 3.02. The molecule has 5 aromatic rings. The number of carbonyl (C=O) groups excluding carboxylic acids is 3. The van der Waals surface area contributed by atoms with E-state index in [4.69, 9.17) is 0 Å². The molecule has 1 aromatic carbocycles. The van der Waals surface area contributed by atoms with E-state index < -0.39 is 24.0 Å². The molecule has 5 heterocycles. The molecule has 1 aliphatic heterocycles. The maximum atomic E-state index is 14.5. The highest BCUT2D eigenvalue weighted by Crippen LogP contribution is 2.30. The van der Waals surface area contributed by atoms with Gasteiger partial charge in [-0.3, -0.25) is 14.4 Å². The van der Waals surface area contributed by atoms with Crippen LogP contribution in [0.15, 0.2) is 65.7 Å². The van der Waals surface area contributed by atoms with E-state index in [0.29, 0.717) is 26.9 Å². The van der Waals surface area contributed by atoms with E-state index in [1.807, 2.05) is 37.4 Å². The van der Waals surface area contributed by atoms with Gasteiger partial charge in [0.25, 0.3) is 0 Å². The predicted molar refractivity (Wildman–Crippen MR) is 206 cm³/mol. The summed E-state index contributed by atoms with van der Waals surface area (Å²) in [5.41, 5.74) is 4.38. The fourth-order valence-corrected chi connectivity index (χ4v) is 13.9. The Morgan fingerprint density at radius 2 is 1.83 bits per heavy atom. The Morgan fingerprint density at radius 1 is 1.06 bits per heavy atom. The molecule has 0 unspecified atom stereocenters. The molecule has 2 amide bonds. The Balaban J connectivity index is 0.000000582. The summed E-state index contributed by atoms with van der Waals surface area (Å²) in [6.07, 6.45) is 3.83. The highest BCUT2D eigenvalue weighted by atomic mass is 79.9. The maximum absolute atomic E-state index is 14.5. The minimum atomic E-state index is -1.33. The molecule has 19 heteroatoms. The van der Waals surface area contributed by atoms with Crippen LogP contribution in [0, 0.1) is 6.92 Å². The predicted octanol–water partition coefficient (Wildman–Crippen LogP) is 4.58. The number of aryl methyl sites for hydroxylation is 1. The van der Waals surface area contributed by atoms with Gasteiger partial charge < -0.3 is 14.8 Å². The number of nitrogens with one attached hydrogen (secondary N) is 1. The molecule has 1 saturated heterocycles. The number of alkyl halides is 1. The van der Waals surface area contributed by atoms with E-state index in [-0.39, 0.29) is 25.3 Å². The Labute approximate surface area is 307 Å². The van der Waals surface area contributed by atoms with Gasteiger partial charge in [0, 0.05) is 120 Å². The number of amides is 2. The van der Waals surface area contributed by atoms with Crippen LogP contribution in [0.5, 0.6) is 0 Å². The number of anilines is 1. The summed E-state index contributed by atoms with van der Waals surface area (Å²) in [5, 5.41) is 7.78. The zero-order chi connectivity index (χ0) is 34.4. The number of benzene rings is 1. The van der Waals surface area contributed by atoms with Crippen molar-refractivity contribution in [1.82, 2.24) is 29.0 Å². The second-order valence-corrected chi connectivity index (χ2v) is 20.1. The second kappa shape index (κ2) is 16.7.